The van der Waals surface area contributed by atoms with Gasteiger partial charge in [0.15, 0.2) is 0 Å². The number of benzene rings is 1. The van der Waals surface area contributed by atoms with Crippen LogP contribution in [0.15, 0.2) is 24.3 Å². The second-order valence-corrected chi connectivity index (χ2v) is 3.15. The monoisotopic (exact) mass is 206 g/mol. The summed E-state index contributed by atoms with van der Waals surface area (Å²) in [7, 11) is 1.34. The quantitative estimate of drug-likeness (QED) is 0.604. The van der Waals surface area contributed by atoms with Crippen LogP contribution in [0.1, 0.15) is 16.7 Å². The highest BCUT2D eigenvalue weighted by Crippen LogP contribution is 2.15. The Labute approximate surface area is 89.0 Å². The lowest BCUT2D eigenvalue weighted by molar-refractivity contribution is -0.134. The van der Waals surface area contributed by atoms with Gasteiger partial charge < -0.3 is 9.84 Å². The third-order valence-corrected chi connectivity index (χ3v) is 2.26. The molecule has 0 aliphatic carbocycles. The molecule has 1 aromatic carbocycles. The minimum Gasteiger partial charge on any atom is -0.466 e. The van der Waals surface area contributed by atoms with Crippen LogP contribution in [-0.2, 0) is 16.1 Å². The van der Waals surface area contributed by atoms with Gasteiger partial charge in [-0.1, -0.05) is 18.2 Å². The SMILES string of the molecule is COC(=O)C=Cc1cccc(CO)c1C. The molecular weight excluding hydrogens is 192 g/mol. The number of carbonyl (C=O) groups is 1. The minimum absolute atomic E-state index is 0.00569. The maximum absolute atomic E-state index is 10.9. The van der Waals surface area contributed by atoms with E-state index in [0.29, 0.717) is 0 Å². The van der Waals surface area contributed by atoms with Crippen molar-refractivity contribution in [1.82, 2.24) is 0 Å². The summed E-state index contributed by atoms with van der Waals surface area (Å²) in [4.78, 5) is 10.9. The lowest BCUT2D eigenvalue weighted by Crippen LogP contribution is -1.95. The number of ether oxygens (including phenoxy) is 1. The molecule has 3 heteroatoms. The predicted molar refractivity (Wildman–Crippen MR) is 58.2 cm³/mol. The van der Waals surface area contributed by atoms with E-state index in [0.717, 1.165) is 16.7 Å². The number of esters is 1. The van der Waals surface area contributed by atoms with Crippen LogP contribution in [0.2, 0.25) is 0 Å². The highest BCUT2D eigenvalue weighted by molar-refractivity contribution is 5.87. The molecule has 0 radical (unpaired) electrons. The normalized spacial score (nSPS) is 10.6. The molecule has 15 heavy (non-hydrogen) atoms. The zero-order valence-corrected chi connectivity index (χ0v) is 8.86. The van der Waals surface area contributed by atoms with Crippen molar-refractivity contribution in [3.63, 3.8) is 0 Å². The number of hydrogen-bond donors (Lipinski definition) is 1. The summed E-state index contributed by atoms with van der Waals surface area (Å²) < 4.78 is 4.49. The molecule has 0 amide bonds. The maximum Gasteiger partial charge on any atom is 0.330 e. The zero-order valence-electron chi connectivity index (χ0n) is 8.86. The topological polar surface area (TPSA) is 46.5 Å². The third-order valence-electron chi connectivity index (χ3n) is 2.26. The molecule has 0 fully saturated rings. The zero-order chi connectivity index (χ0) is 11.3. The molecule has 0 unspecified atom stereocenters. The van der Waals surface area contributed by atoms with Crippen molar-refractivity contribution in [3.8, 4) is 0 Å². The molecule has 0 aromatic heterocycles. The van der Waals surface area contributed by atoms with E-state index in [1.165, 1.54) is 13.2 Å². The van der Waals surface area contributed by atoms with Crippen molar-refractivity contribution in [1.29, 1.82) is 0 Å². The predicted octanol–water partition coefficient (Wildman–Crippen LogP) is 1.67. The summed E-state index contributed by atoms with van der Waals surface area (Å²) in [6.07, 6.45) is 3.05. The lowest BCUT2D eigenvalue weighted by atomic mass is 10.0. The van der Waals surface area contributed by atoms with Gasteiger partial charge in [0.1, 0.15) is 0 Å². The average Bonchev–Trinajstić information content (AvgIpc) is 2.27. The number of hydrogen-bond acceptors (Lipinski definition) is 3. The molecule has 0 heterocycles. The Bertz CT molecular complexity index is 380. The standard InChI is InChI=1S/C12H14O3/c1-9-10(6-7-12(14)15-2)4-3-5-11(9)8-13/h3-7,13H,8H2,1-2H3. The highest BCUT2D eigenvalue weighted by atomic mass is 16.5. The first-order valence-corrected chi connectivity index (χ1v) is 4.64. The molecule has 0 saturated heterocycles. The fourth-order valence-electron chi connectivity index (χ4n) is 1.28. The Balaban J connectivity index is 2.95. The molecule has 1 aromatic rings. The van der Waals surface area contributed by atoms with Crippen LogP contribution in [0, 0.1) is 6.92 Å². The lowest BCUT2D eigenvalue weighted by Gasteiger charge is -2.05. The summed E-state index contributed by atoms with van der Waals surface area (Å²) in [6, 6.07) is 5.58. The first kappa shape index (κ1) is 11.5. The Hall–Kier alpha value is -1.61. The van der Waals surface area contributed by atoms with Gasteiger partial charge in [-0.15, -0.1) is 0 Å². The van der Waals surface area contributed by atoms with Crippen LogP contribution in [0.5, 0.6) is 0 Å². The average molecular weight is 206 g/mol. The van der Waals surface area contributed by atoms with Crippen molar-refractivity contribution in [2.45, 2.75) is 13.5 Å². The molecule has 0 aliphatic heterocycles. The van der Waals surface area contributed by atoms with Crippen LogP contribution < -0.4 is 0 Å². The van der Waals surface area contributed by atoms with Gasteiger partial charge in [0.25, 0.3) is 0 Å². The summed E-state index contributed by atoms with van der Waals surface area (Å²) in [6.45, 7) is 1.91. The van der Waals surface area contributed by atoms with Gasteiger partial charge in [-0.25, -0.2) is 4.79 Å². The number of methoxy groups -OCH3 is 1. The molecule has 80 valence electrons. The summed E-state index contributed by atoms with van der Waals surface area (Å²) in [5.74, 6) is -0.385. The first-order chi connectivity index (χ1) is 7.19. The van der Waals surface area contributed by atoms with Crippen molar-refractivity contribution in [2.24, 2.45) is 0 Å². The number of aliphatic hydroxyl groups is 1. The summed E-state index contributed by atoms with van der Waals surface area (Å²) in [5.41, 5.74) is 2.74. The smallest absolute Gasteiger partial charge is 0.330 e. The highest BCUT2D eigenvalue weighted by Gasteiger charge is 2.00. The third kappa shape index (κ3) is 2.92. The fourth-order valence-corrected chi connectivity index (χ4v) is 1.28. The maximum atomic E-state index is 10.9. The molecule has 0 saturated carbocycles. The van der Waals surface area contributed by atoms with Crippen molar-refractivity contribution >= 4 is 12.0 Å². The summed E-state index contributed by atoms with van der Waals surface area (Å²) >= 11 is 0. The van der Waals surface area contributed by atoms with E-state index in [2.05, 4.69) is 4.74 Å². The van der Waals surface area contributed by atoms with Crippen LogP contribution in [0.25, 0.3) is 6.08 Å². The molecule has 0 bridgehead atoms. The van der Waals surface area contributed by atoms with Gasteiger partial charge in [-0.2, -0.15) is 0 Å². The van der Waals surface area contributed by atoms with E-state index in [1.807, 2.05) is 25.1 Å². The molecule has 3 nitrogen and oxygen atoms in total. The fraction of sp³-hybridized carbons (Fsp3) is 0.250. The van der Waals surface area contributed by atoms with Gasteiger partial charge in [0.2, 0.25) is 0 Å². The van der Waals surface area contributed by atoms with Gasteiger partial charge in [-0.05, 0) is 29.7 Å². The van der Waals surface area contributed by atoms with E-state index in [-0.39, 0.29) is 12.6 Å². The Kier molecular flexibility index (Phi) is 4.06. The van der Waals surface area contributed by atoms with Gasteiger partial charge in [0.05, 0.1) is 13.7 Å². The van der Waals surface area contributed by atoms with Crippen LogP contribution >= 0.6 is 0 Å². The Morgan fingerprint density at radius 3 is 2.87 bits per heavy atom. The molecule has 0 spiro atoms. The Morgan fingerprint density at radius 2 is 2.27 bits per heavy atom. The molecule has 1 rings (SSSR count). The van der Waals surface area contributed by atoms with E-state index >= 15 is 0 Å². The number of carbonyl (C=O) groups excluding carboxylic acids is 1. The second kappa shape index (κ2) is 5.32. The molecular formula is C12H14O3. The van der Waals surface area contributed by atoms with Crippen LogP contribution in [0.4, 0.5) is 0 Å². The number of rotatable bonds is 3. The van der Waals surface area contributed by atoms with Crippen molar-refractivity contribution in [2.75, 3.05) is 7.11 Å². The molecule has 1 N–H and O–H groups in total. The van der Waals surface area contributed by atoms with Gasteiger partial charge in [0, 0.05) is 6.08 Å². The Morgan fingerprint density at radius 1 is 1.53 bits per heavy atom. The van der Waals surface area contributed by atoms with Crippen molar-refractivity contribution < 1.29 is 14.6 Å². The van der Waals surface area contributed by atoms with Crippen LogP contribution in [-0.4, -0.2) is 18.2 Å². The first-order valence-electron chi connectivity index (χ1n) is 4.64. The second-order valence-electron chi connectivity index (χ2n) is 3.15. The molecule has 0 aliphatic rings. The van der Waals surface area contributed by atoms with Crippen molar-refractivity contribution in [3.05, 3.63) is 41.0 Å². The largest absolute Gasteiger partial charge is 0.466 e. The van der Waals surface area contributed by atoms with E-state index < -0.39 is 0 Å². The van der Waals surface area contributed by atoms with Gasteiger partial charge in [-0.3, -0.25) is 0 Å². The van der Waals surface area contributed by atoms with Crippen LogP contribution in [0.3, 0.4) is 0 Å². The van der Waals surface area contributed by atoms with E-state index in [1.54, 1.807) is 6.08 Å². The van der Waals surface area contributed by atoms with Gasteiger partial charge >= 0.3 is 5.97 Å². The minimum atomic E-state index is -0.385. The summed E-state index contributed by atoms with van der Waals surface area (Å²) in [5, 5.41) is 9.05. The molecule has 0 atom stereocenters. The van der Waals surface area contributed by atoms with E-state index in [9.17, 15) is 4.79 Å². The number of aliphatic hydroxyl groups excluding tert-OH is 1. The van der Waals surface area contributed by atoms with E-state index in [4.69, 9.17) is 5.11 Å².